The molecule has 0 aliphatic carbocycles. The van der Waals surface area contributed by atoms with Crippen LogP contribution in [0.5, 0.6) is 0 Å². The molecule has 3 aliphatic heterocycles. The number of ether oxygens (including phenoxy) is 1. The van der Waals surface area contributed by atoms with Gasteiger partial charge in [0.15, 0.2) is 11.0 Å². The second-order valence-electron chi connectivity index (χ2n) is 9.02. The van der Waals surface area contributed by atoms with Crippen LogP contribution in [-0.2, 0) is 15.3 Å². The molecule has 3 heterocycles. The molecule has 0 aromatic heterocycles. The van der Waals surface area contributed by atoms with E-state index in [0.29, 0.717) is 47.7 Å². The third kappa shape index (κ3) is 5.75. The van der Waals surface area contributed by atoms with Crippen LogP contribution in [0.3, 0.4) is 0 Å². The Balaban J connectivity index is 1.36. The van der Waals surface area contributed by atoms with Crippen LogP contribution in [0.2, 0.25) is 0 Å². The van der Waals surface area contributed by atoms with Crippen molar-refractivity contribution in [3.63, 3.8) is 0 Å². The Morgan fingerprint density at radius 2 is 1.92 bits per heavy atom. The summed E-state index contributed by atoms with van der Waals surface area (Å²) < 4.78 is 34.5. The van der Waals surface area contributed by atoms with E-state index in [1.807, 2.05) is 32.0 Å². The summed E-state index contributed by atoms with van der Waals surface area (Å²) in [5, 5.41) is 6.86. The summed E-state index contributed by atoms with van der Waals surface area (Å²) >= 11 is 1.37. The number of hydrogen-bond acceptors (Lipinski definition) is 6. The first-order chi connectivity index (χ1) is 17.9. The van der Waals surface area contributed by atoms with E-state index in [0.717, 1.165) is 16.8 Å². The highest BCUT2D eigenvalue weighted by Crippen LogP contribution is 2.31. The number of thioether (sulfide) groups is 1. The number of halogens is 2. The maximum absolute atomic E-state index is 14.6. The SMILES string of the molecule is CCC(C(=O)Nc1cc(NC2COC2)ccc1C)n1cc(F)cc2nc(SCc3ccc(F)cc3)nc1-2. The van der Waals surface area contributed by atoms with Gasteiger partial charge in [0.2, 0.25) is 5.91 Å². The van der Waals surface area contributed by atoms with Crippen molar-refractivity contribution in [2.75, 3.05) is 23.8 Å². The minimum absolute atomic E-state index is 0.261. The summed E-state index contributed by atoms with van der Waals surface area (Å²) in [6, 6.07) is 12.9. The van der Waals surface area contributed by atoms with Gasteiger partial charge in [0.25, 0.3) is 0 Å². The number of anilines is 2. The number of pyridine rings is 1. The van der Waals surface area contributed by atoms with Gasteiger partial charge in [-0.1, -0.05) is 36.9 Å². The summed E-state index contributed by atoms with van der Waals surface area (Å²) in [6.45, 7) is 5.11. The van der Waals surface area contributed by atoms with Crippen molar-refractivity contribution < 1.29 is 18.3 Å². The predicted molar refractivity (Wildman–Crippen MR) is 140 cm³/mol. The van der Waals surface area contributed by atoms with Gasteiger partial charge in [0.1, 0.15) is 23.4 Å². The van der Waals surface area contributed by atoms with Gasteiger partial charge in [0, 0.05) is 29.4 Å². The maximum atomic E-state index is 14.6. The van der Waals surface area contributed by atoms with Crippen molar-refractivity contribution >= 4 is 29.0 Å². The standard InChI is InChI=1S/C27H27F2N5O2S/c1-3-24(26(35)31-22-11-20(9-4-16(22)2)30-21-13-36-14-21)34-12-19(29)10-23-25(34)33-27(32-23)37-15-17-5-7-18(28)8-6-17/h4-12,21,24,30H,3,13-15H2,1-2H3,(H,31,35). The quantitative estimate of drug-likeness (QED) is 0.276. The van der Waals surface area contributed by atoms with E-state index in [1.54, 1.807) is 16.7 Å². The lowest BCUT2D eigenvalue weighted by Gasteiger charge is -2.28. The third-order valence-electron chi connectivity index (χ3n) is 6.24. The summed E-state index contributed by atoms with van der Waals surface area (Å²) in [7, 11) is 0. The Hall–Kier alpha value is -3.50. The minimum Gasteiger partial charge on any atom is -0.378 e. The Morgan fingerprint density at radius 3 is 2.62 bits per heavy atom. The lowest BCUT2D eigenvalue weighted by molar-refractivity contribution is -0.119. The normalized spacial score (nSPS) is 14.4. The van der Waals surface area contributed by atoms with Crippen LogP contribution in [0.4, 0.5) is 20.2 Å². The number of nitrogens with zero attached hydrogens (tertiary/aromatic N) is 3. The molecule has 0 bridgehead atoms. The lowest BCUT2D eigenvalue weighted by atomic mass is 10.1. The fraction of sp³-hybridized carbons (Fsp3) is 0.296. The Labute approximate surface area is 218 Å². The summed E-state index contributed by atoms with van der Waals surface area (Å²) in [5.41, 5.74) is 3.79. The third-order valence-corrected chi connectivity index (χ3v) is 7.16. The predicted octanol–water partition coefficient (Wildman–Crippen LogP) is 5.66. The zero-order valence-corrected chi connectivity index (χ0v) is 21.3. The highest BCUT2D eigenvalue weighted by atomic mass is 32.2. The molecule has 1 fully saturated rings. The monoisotopic (exact) mass is 523 g/mol. The van der Waals surface area contributed by atoms with Crippen molar-refractivity contribution in [3.8, 4) is 11.5 Å². The van der Waals surface area contributed by atoms with Gasteiger partial charge < -0.3 is 19.9 Å². The van der Waals surface area contributed by atoms with E-state index >= 15 is 0 Å². The smallest absolute Gasteiger partial charge is 0.247 e. The molecule has 1 unspecified atom stereocenters. The number of hydrogen-bond donors (Lipinski definition) is 2. The van der Waals surface area contributed by atoms with E-state index < -0.39 is 11.9 Å². The largest absolute Gasteiger partial charge is 0.378 e. The van der Waals surface area contributed by atoms with Gasteiger partial charge >= 0.3 is 0 Å². The first kappa shape index (κ1) is 25.2. The number of carbonyl (C=O) groups excluding carboxylic acids is 1. The molecule has 5 rings (SSSR count). The number of aromatic nitrogens is 3. The molecule has 2 N–H and O–H groups in total. The molecule has 1 atom stereocenters. The number of fused-ring (bicyclic) bond motifs is 1. The van der Waals surface area contributed by atoms with Crippen LogP contribution < -0.4 is 10.6 Å². The van der Waals surface area contributed by atoms with Gasteiger partial charge in [-0.2, -0.15) is 0 Å². The number of benzene rings is 2. The molecule has 1 saturated heterocycles. The van der Waals surface area contributed by atoms with Gasteiger partial charge in [0.05, 0.1) is 19.3 Å². The van der Waals surface area contributed by atoms with Crippen molar-refractivity contribution in [3.05, 3.63) is 77.5 Å². The number of aryl methyl sites for hydroxylation is 1. The molecule has 7 nitrogen and oxygen atoms in total. The molecule has 192 valence electrons. The second-order valence-corrected chi connectivity index (χ2v) is 9.96. The van der Waals surface area contributed by atoms with Crippen LogP contribution in [0.25, 0.3) is 11.5 Å². The van der Waals surface area contributed by atoms with Crippen LogP contribution in [0.1, 0.15) is 30.5 Å². The number of nitrogens with one attached hydrogen (secondary N) is 2. The van der Waals surface area contributed by atoms with Crippen LogP contribution in [0.15, 0.2) is 59.9 Å². The van der Waals surface area contributed by atoms with E-state index in [2.05, 4.69) is 20.6 Å². The average molecular weight is 524 g/mol. The van der Waals surface area contributed by atoms with Crippen LogP contribution in [-0.4, -0.2) is 39.7 Å². The molecular formula is C27H27F2N5O2S. The molecule has 1 amide bonds. The van der Waals surface area contributed by atoms with Gasteiger partial charge in [-0.25, -0.2) is 18.7 Å². The lowest BCUT2D eigenvalue weighted by Crippen LogP contribution is -2.40. The maximum Gasteiger partial charge on any atom is 0.247 e. The van der Waals surface area contributed by atoms with E-state index in [9.17, 15) is 13.6 Å². The summed E-state index contributed by atoms with van der Waals surface area (Å²) in [5.74, 6) is -0.0976. The second kappa shape index (κ2) is 10.9. The summed E-state index contributed by atoms with van der Waals surface area (Å²) in [6.07, 6.45) is 1.72. The molecule has 0 spiro atoms. The molecule has 2 aromatic carbocycles. The molecule has 37 heavy (non-hydrogen) atoms. The minimum atomic E-state index is -0.694. The number of amides is 1. The molecule has 2 aromatic rings. The topological polar surface area (TPSA) is 81.1 Å². The Bertz CT molecular complexity index is 1370. The Kier molecular flexibility index (Phi) is 7.38. The number of rotatable bonds is 9. The fourth-order valence-corrected chi connectivity index (χ4v) is 4.93. The molecular weight excluding hydrogens is 496 g/mol. The van der Waals surface area contributed by atoms with Crippen LogP contribution in [0, 0.1) is 18.6 Å². The highest BCUT2D eigenvalue weighted by Gasteiger charge is 2.26. The van der Waals surface area contributed by atoms with E-state index in [-0.39, 0.29) is 17.8 Å². The number of carbonyl (C=O) groups is 1. The molecule has 0 saturated carbocycles. The van der Waals surface area contributed by atoms with E-state index in [1.165, 1.54) is 36.2 Å². The molecule has 3 aliphatic rings. The van der Waals surface area contributed by atoms with Gasteiger partial charge in [-0.3, -0.25) is 4.79 Å². The van der Waals surface area contributed by atoms with Crippen LogP contribution >= 0.6 is 11.8 Å². The van der Waals surface area contributed by atoms with Gasteiger partial charge in [-0.05, 0) is 48.7 Å². The zero-order chi connectivity index (χ0) is 25.9. The Morgan fingerprint density at radius 1 is 1.14 bits per heavy atom. The van der Waals surface area contributed by atoms with Crippen molar-refractivity contribution in [1.29, 1.82) is 0 Å². The van der Waals surface area contributed by atoms with Gasteiger partial charge in [-0.15, -0.1) is 0 Å². The summed E-state index contributed by atoms with van der Waals surface area (Å²) in [4.78, 5) is 22.5. The van der Waals surface area contributed by atoms with Crippen molar-refractivity contribution in [2.24, 2.45) is 0 Å². The zero-order valence-electron chi connectivity index (χ0n) is 20.5. The first-order valence-electron chi connectivity index (χ1n) is 12.1. The fourth-order valence-electron chi connectivity index (χ4n) is 4.13. The van der Waals surface area contributed by atoms with Crippen molar-refractivity contribution in [1.82, 2.24) is 14.5 Å². The molecule has 0 radical (unpaired) electrons. The first-order valence-corrected chi connectivity index (χ1v) is 13.1. The molecule has 10 heteroatoms. The van der Waals surface area contributed by atoms with Crippen molar-refractivity contribution in [2.45, 2.75) is 43.3 Å². The number of imidazole rings is 1. The average Bonchev–Trinajstić information content (AvgIpc) is 3.26. The van der Waals surface area contributed by atoms with E-state index in [4.69, 9.17) is 4.74 Å². The highest BCUT2D eigenvalue weighted by molar-refractivity contribution is 7.98.